The van der Waals surface area contributed by atoms with Gasteiger partial charge in [-0.15, -0.1) is 0 Å². The minimum Gasteiger partial charge on any atom is -0.370 e. The molecule has 0 bridgehead atoms. The van der Waals surface area contributed by atoms with Gasteiger partial charge in [-0.25, -0.2) is 0 Å². The summed E-state index contributed by atoms with van der Waals surface area (Å²) in [5.74, 6) is -8.88. The number of nitrogens with two attached hydrogens (primary N) is 4. The normalized spacial score (nSPS) is 18.6. The van der Waals surface area contributed by atoms with E-state index in [1.54, 1.807) is 44.2 Å². The lowest BCUT2D eigenvalue weighted by molar-refractivity contribution is -0.142. The number of likely N-dealkylation sites (tertiary alicyclic amines) is 1. The van der Waals surface area contributed by atoms with E-state index in [0.29, 0.717) is 24.8 Å². The Kier molecular flexibility index (Phi) is 26.3. The molecule has 2 aliphatic rings. The average Bonchev–Trinajstić information content (AvgIpc) is 3.86. The topological polar surface area (TPSA) is 375 Å². The Morgan fingerprint density at radius 1 is 0.716 bits per heavy atom. The zero-order valence-electron chi connectivity index (χ0n) is 42.8. The molecule has 1 aromatic rings. The van der Waals surface area contributed by atoms with Crippen LogP contribution in [0.15, 0.2) is 35.3 Å². The molecule has 74 heavy (non-hydrogen) atoms. The van der Waals surface area contributed by atoms with Crippen molar-refractivity contribution in [1.82, 2.24) is 42.1 Å². The number of benzene rings is 1. The Morgan fingerprint density at radius 3 is 1.91 bits per heavy atom. The van der Waals surface area contributed by atoms with Crippen LogP contribution in [0.5, 0.6) is 0 Å². The van der Waals surface area contributed by atoms with Gasteiger partial charge in [0.05, 0.1) is 13.0 Å². The first kappa shape index (κ1) is 61.9. The van der Waals surface area contributed by atoms with Gasteiger partial charge in [0.2, 0.25) is 59.1 Å². The molecule has 1 heterocycles. The van der Waals surface area contributed by atoms with E-state index in [1.807, 2.05) is 13.8 Å². The molecule has 1 saturated carbocycles. The second-order valence-electron chi connectivity index (χ2n) is 19.0. The number of rotatable bonds is 30. The molecule has 0 radical (unpaired) electrons. The van der Waals surface area contributed by atoms with Crippen molar-refractivity contribution in [1.29, 1.82) is 0 Å². The summed E-state index contributed by atoms with van der Waals surface area (Å²) < 4.78 is 0. The third-order valence-corrected chi connectivity index (χ3v) is 14.2. The summed E-state index contributed by atoms with van der Waals surface area (Å²) in [6.45, 7) is 6.89. The van der Waals surface area contributed by atoms with Crippen LogP contribution >= 0.6 is 24.8 Å². The largest absolute Gasteiger partial charge is 0.370 e. The highest BCUT2D eigenvalue weighted by Gasteiger charge is 2.40. The van der Waals surface area contributed by atoms with E-state index in [9.17, 15) is 47.9 Å². The molecule has 0 aromatic heterocycles. The third kappa shape index (κ3) is 20.2. The van der Waals surface area contributed by atoms with Crippen LogP contribution in [0.4, 0.5) is 0 Å². The molecular formula is C49H77N13O10S2. The molecule has 2 fully saturated rings. The van der Waals surface area contributed by atoms with Gasteiger partial charge < -0.3 is 65.1 Å². The molecule has 15 N–H and O–H groups in total. The van der Waals surface area contributed by atoms with Crippen LogP contribution in [-0.4, -0.2) is 142 Å². The van der Waals surface area contributed by atoms with Gasteiger partial charge in [0, 0.05) is 31.7 Å². The number of thiol groups is 1. The molecule has 1 aliphatic heterocycles. The molecule has 1 aromatic carbocycles. The second-order valence-corrected chi connectivity index (χ2v) is 19.9. The number of nitrogens with one attached hydrogen (secondary N) is 7. The molecule has 1 saturated heterocycles. The van der Waals surface area contributed by atoms with Crippen LogP contribution in [0.1, 0.15) is 110 Å². The average molecular weight is 1070 g/mol. The summed E-state index contributed by atoms with van der Waals surface area (Å²) in [5.41, 5.74) is 22.2. The number of primary amides is 2. The molecule has 10 amide bonds. The van der Waals surface area contributed by atoms with Crippen molar-refractivity contribution in [2.24, 2.45) is 45.7 Å². The summed E-state index contributed by atoms with van der Waals surface area (Å²) in [7, 11) is 0. The van der Waals surface area contributed by atoms with Crippen molar-refractivity contribution in [2.45, 2.75) is 153 Å². The lowest BCUT2D eigenvalue weighted by atomic mass is 9.86. The van der Waals surface area contributed by atoms with E-state index >= 15 is 0 Å². The van der Waals surface area contributed by atoms with Crippen LogP contribution < -0.4 is 60.2 Å². The van der Waals surface area contributed by atoms with Crippen molar-refractivity contribution >= 4 is 94.7 Å². The van der Waals surface area contributed by atoms with Crippen LogP contribution in [0, 0.1) is 17.8 Å². The summed E-state index contributed by atoms with van der Waals surface area (Å²) in [6, 6.07) is 0.00525. The Bertz CT molecular complexity index is 2180. The zero-order chi connectivity index (χ0) is 55.1. The number of hydrogen-bond acceptors (Lipinski definition) is 13. The predicted molar refractivity (Wildman–Crippen MR) is 284 cm³/mol. The maximum absolute atomic E-state index is 14.4. The lowest BCUT2D eigenvalue weighted by Gasteiger charge is -2.31. The van der Waals surface area contributed by atoms with E-state index in [4.69, 9.17) is 35.2 Å². The number of nitrogens with zero attached hydrogens (tertiary/aromatic N) is 2. The van der Waals surface area contributed by atoms with Crippen LogP contribution in [0.2, 0.25) is 0 Å². The molecule has 1 aliphatic carbocycles. The summed E-state index contributed by atoms with van der Waals surface area (Å²) in [5, 5.41) is 18.5. The number of aliphatic imine (C=N–C) groups is 1. The van der Waals surface area contributed by atoms with Crippen LogP contribution in [0.25, 0.3) is 0 Å². The lowest BCUT2D eigenvalue weighted by Crippen LogP contribution is -2.62. The first-order valence-corrected chi connectivity index (χ1v) is 26.3. The Hall–Kier alpha value is -6.37. The van der Waals surface area contributed by atoms with Crippen LogP contribution in [-0.2, 0) is 54.4 Å². The fourth-order valence-corrected chi connectivity index (χ4v) is 9.27. The van der Waals surface area contributed by atoms with Gasteiger partial charge >= 0.3 is 0 Å². The molecule has 23 nitrogen and oxygen atoms in total. The predicted octanol–water partition coefficient (Wildman–Crippen LogP) is -1.37. The maximum Gasteiger partial charge on any atom is 0.246 e. The maximum atomic E-state index is 14.4. The summed E-state index contributed by atoms with van der Waals surface area (Å²) >= 11 is 9.84. The minimum atomic E-state index is -1.65. The van der Waals surface area contributed by atoms with Crippen molar-refractivity contribution in [3.8, 4) is 0 Å². The Labute approximate surface area is 443 Å². The number of hydrogen-bond donors (Lipinski definition) is 12. The summed E-state index contributed by atoms with van der Waals surface area (Å²) in [4.78, 5) is 141. The van der Waals surface area contributed by atoms with Gasteiger partial charge in [-0.3, -0.25) is 52.9 Å². The minimum absolute atomic E-state index is 0.00370. The van der Waals surface area contributed by atoms with Gasteiger partial charge in [-0.2, -0.15) is 12.6 Å². The van der Waals surface area contributed by atoms with E-state index in [1.165, 1.54) is 4.90 Å². The SMILES string of the molecule is CCC(C)C(NC(=O)CC1CCCCC1=S)C(=O)NC(Cc1ccccc1)C(=O)NC(C(=O)NC(CC(N)=O)C(=O)NC(CS)C(=O)N1CCCC1C(=O)NC(CCCN=C(N)N)C(=O)NCC(N)=O)C(C)CC. The number of amides is 10. The van der Waals surface area contributed by atoms with Crippen molar-refractivity contribution < 1.29 is 47.9 Å². The van der Waals surface area contributed by atoms with E-state index in [0.717, 1.165) is 30.5 Å². The zero-order valence-corrected chi connectivity index (χ0v) is 44.5. The van der Waals surface area contributed by atoms with Crippen molar-refractivity contribution in [3.63, 3.8) is 0 Å². The molecule has 10 unspecified atom stereocenters. The molecular weight excluding hydrogens is 995 g/mol. The smallest absolute Gasteiger partial charge is 0.246 e. The molecule has 25 heteroatoms. The highest BCUT2D eigenvalue weighted by Crippen LogP contribution is 2.25. The molecule has 3 rings (SSSR count). The molecule has 0 spiro atoms. The van der Waals surface area contributed by atoms with E-state index in [2.05, 4.69) is 54.8 Å². The number of thiocarbonyl (C=S) groups is 1. The Morgan fingerprint density at radius 2 is 1.32 bits per heavy atom. The Balaban J connectivity index is 1.81. The highest BCUT2D eigenvalue weighted by molar-refractivity contribution is 7.80. The second kappa shape index (κ2) is 31.4. The fourth-order valence-electron chi connectivity index (χ4n) is 8.68. The van der Waals surface area contributed by atoms with Gasteiger partial charge in [-0.05, 0) is 73.1 Å². The van der Waals surface area contributed by atoms with Gasteiger partial charge in [0.1, 0.15) is 42.3 Å². The van der Waals surface area contributed by atoms with E-state index in [-0.39, 0.29) is 74.6 Å². The van der Waals surface area contributed by atoms with Crippen molar-refractivity contribution in [2.75, 3.05) is 25.4 Å². The standard InChI is InChI=1S/C49H77N13O10S2/c1-5-27(3)40(60-39(65)23-30-16-10-11-19-36(30)74)46(70)57-32(22-29-14-8-7-9-15-29)44(68)61-41(28(4)6-2)47(71)58-33(24-37(50)63)43(67)59-34(26-73)48(72)62-21-13-18-35(62)45(69)56-31(17-12-20-54-49(52)53)42(66)55-25-38(51)64/h7-9,14-15,27-28,30-35,40-41,73H,5-6,10-13,16-26H2,1-4H3,(H2,50,63)(H2,51,64)(H,55,66)(H,56,69)(H,57,70)(H,58,71)(H,59,67)(H,60,65)(H,61,68)(H4,52,53,54). The molecule has 10 atom stereocenters. The highest BCUT2D eigenvalue weighted by atomic mass is 32.1. The number of carbonyl (C=O) groups excluding carboxylic acids is 10. The van der Waals surface area contributed by atoms with Crippen molar-refractivity contribution in [3.05, 3.63) is 35.9 Å². The molecule has 410 valence electrons. The van der Waals surface area contributed by atoms with Crippen LogP contribution in [0.3, 0.4) is 0 Å². The third-order valence-electron chi connectivity index (χ3n) is 13.3. The first-order chi connectivity index (χ1) is 35.1. The van der Waals surface area contributed by atoms with Gasteiger partial charge in [-0.1, -0.05) is 89.5 Å². The fraction of sp³-hybridized carbons (Fsp3) is 0.633. The first-order valence-electron chi connectivity index (χ1n) is 25.3. The summed E-state index contributed by atoms with van der Waals surface area (Å²) in [6.07, 6.45) is 4.70. The monoisotopic (exact) mass is 1070 g/mol. The number of carbonyl (C=O) groups is 10. The van der Waals surface area contributed by atoms with Gasteiger partial charge in [0.25, 0.3) is 0 Å². The number of guanidine groups is 1. The van der Waals surface area contributed by atoms with E-state index < -0.39 is 114 Å². The van der Waals surface area contributed by atoms with Gasteiger partial charge in [0.15, 0.2) is 5.96 Å². The quantitative estimate of drug-likeness (QED) is 0.0139.